The van der Waals surface area contributed by atoms with Crippen LogP contribution in [0.3, 0.4) is 0 Å². The fourth-order valence-corrected chi connectivity index (χ4v) is 1.03. The van der Waals surface area contributed by atoms with Gasteiger partial charge in [0.25, 0.3) is 0 Å². The van der Waals surface area contributed by atoms with E-state index in [1.807, 2.05) is 0 Å². The van der Waals surface area contributed by atoms with E-state index in [1.165, 1.54) is 42.3 Å². The fourth-order valence-electron chi connectivity index (χ4n) is 1.03. The molecular weight excluding hydrogens is 98.0 g/mol. The molecule has 0 aromatic rings. The first-order valence-corrected chi connectivity index (χ1v) is 4.41. The average Bonchev–Trinajstić information content (AvgIpc) is 1.89. The van der Waals surface area contributed by atoms with Crippen molar-refractivity contribution >= 4 is 35.4 Å². The summed E-state index contributed by atoms with van der Waals surface area (Å²) in [5.41, 5.74) is 0. The Balaban J connectivity index is 2.60. The van der Waals surface area contributed by atoms with Crippen molar-refractivity contribution in [2.75, 3.05) is 0 Å². The molecule has 0 radical (unpaired) electrons. The topological polar surface area (TPSA) is 0 Å². The van der Waals surface area contributed by atoms with Crippen LogP contribution in [-0.2, 0) is 0 Å². The Morgan fingerprint density at radius 3 is 1.22 bits per heavy atom. The SMILES string of the molecule is [Li][CH2]CCCCC[CH2][Li]. The summed E-state index contributed by atoms with van der Waals surface area (Å²) in [4.78, 5) is 0. The normalized spacial score (nSPS) is 10.2. The Morgan fingerprint density at radius 2 is 0.889 bits per heavy atom. The number of rotatable bonds is 6. The van der Waals surface area contributed by atoms with Crippen LogP contribution in [0.25, 0.3) is 0 Å². The Kier molecular flexibility index (Phi) is 10.4. The van der Waals surface area contributed by atoms with Crippen LogP contribution in [0.5, 0.6) is 0 Å². The monoisotopic (exact) mass is 112 g/mol. The van der Waals surface area contributed by atoms with Gasteiger partial charge in [-0.3, -0.25) is 0 Å². The summed E-state index contributed by atoms with van der Waals surface area (Å²) in [5, 5.41) is 2.73. The number of hydrogen-bond acceptors (Lipinski definition) is 0. The number of hydrogen-bond donors (Lipinski definition) is 0. The summed E-state index contributed by atoms with van der Waals surface area (Å²) in [7, 11) is 0. The zero-order valence-electron chi connectivity index (χ0n) is 6.95. The van der Waals surface area contributed by atoms with E-state index in [-0.39, 0.29) is 0 Å². The summed E-state index contributed by atoms with van der Waals surface area (Å²) < 4.78 is 0. The summed E-state index contributed by atoms with van der Waals surface area (Å²) in [6.45, 7) is 0. The van der Waals surface area contributed by atoms with Crippen molar-refractivity contribution in [3.8, 4) is 0 Å². The third-order valence-corrected chi connectivity index (χ3v) is 1.71. The Bertz CT molecular complexity index is 40.2. The summed E-state index contributed by atoms with van der Waals surface area (Å²) in [6.07, 6.45) is 7.24. The molecule has 0 unspecified atom stereocenters. The molecule has 2 heteroatoms. The third-order valence-electron chi connectivity index (χ3n) is 1.71. The molecular formula is C7H14Li2. The molecule has 0 aromatic carbocycles. The predicted molar refractivity (Wildman–Crippen MR) is 44.2 cm³/mol. The van der Waals surface area contributed by atoms with Crippen molar-refractivity contribution in [3.05, 3.63) is 0 Å². The van der Waals surface area contributed by atoms with Gasteiger partial charge in [-0.1, -0.05) is 0 Å². The van der Waals surface area contributed by atoms with Crippen molar-refractivity contribution in [1.82, 2.24) is 0 Å². The maximum atomic E-state index is 2.26. The van der Waals surface area contributed by atoms with E-state index in [4.69, 9.17) is 0 Å². The summed E-state index contributed by atoms with van der Waals surface area (Å²) >= 11 is 4.53. The third kappa shape index (κ3) is 9.19. The molecule has 0 aromatic heterocycles. The van der Waals surface area contributed by atoms with E-state index in [9.17, 15) is 0 Å². The van der Waals surface area contributed by atoms with Gasteiger partial charge < -0.3 is 0 Å². The second-order valence-electron chi connectivity index (χ2n) is 2.77. The van der Waals surface area contributed by atoms with Crippen LogP contribution in [0.1, 0.15) is 32.1 Å². The summed E-state index contributed by atoms with van der Waals surface area (Å²) in [5.74, 6) is 0. The molecule has 9 heavy (non-hydrogen) atoms. The molecule has 0 nitrogen and oxygen atoms in total. The molecule has 0 atom stereocenters. The van der Waals surface area contributed by atoms with Gasteiger partial charge in [0.05, 0.1) is 0 Å². The van der Waals surface area contributed by atoms with Crippen LogP contribution < -0.4 is 0 Å². The summed E-state index contributed by atoms with van der Waals surface area (Å²) in [6, 6.07) is 0. The Labute approximate surface area is 77.6 Å². The molecule has 0 heterocycles. The van der Waals surface area contributed by atoms with Gasteiger partial charge in [0.2, 0.25) is 0 Å². The second-order valence-corrected chi connectivity index (χ2v) is 2.77. The van der Waals surface area contributed by atoms with Crippen LogP contribution >= 0.6 is 0 Å². The van der Waals surface area contributed by atoms with Crippen molar-refractivity contribution in [2.24, 2.45) is 0 Å². The first kappa shape index (κ1) is 10.2. The first-order valence-electron chi connectivity index (χ1n) is 4.41. The maximum absolute atomic E-state index is 2.26. The predicted octanol–water partition coefficient (Wildman–Crippen LogP) is 2.11. The van der Waals surface area contributed by atoms with E-state index >= 15 is 0 Å². The van der Waals surface area contributed by atoms with E-state index in [2.05, 4.69) is 35.4 Å². The molecule has 0 amide bonds. The van der Waals surface area contributed by atoms with Crippen molar-refractivity contribution in [1.29, 1.82) is 0 Å². The fraction of sp³-hybridized carbons (Fsp3) is 1.00. The molecule has 0 spiro atoms. The molecule has 0 bridgehead atoms. The van der Waals surface area contributed by atoms with Crippen LogP contribution in [0, 0.1) is 0 Å². The van der Waals surface area contributed by atoms with Crippen molar-refractivity contribution in [2.45, 2.75) is 42.3 Å². The molecule has 0 fully saturated rings. The second kappa shape index (κ2) is 9.19. The van der Waals surface area contributed by atoms with Crippen LogP contribution in [-0.4, -0.2) is 35.4 Å². The van der Waals surface area contributed by atoms with Crippen LogP contribution in [0.15, 0.2) is 0 Å². The quantitative estimate of drug-likeness (QED) is 0.364. The first-order chi connectivity index (χ1) is 4.41. The molecule has 0 saturated carbocycles. The van der Waals surface area contributed by atoms with E-state index in [1.54, 1.807) is 0 Å². The van der Waals surface area contributed by atoms with Gasteiger partial charge in [-0.05, 0) is 0 Å². The minimum atomic E-state index is 1.37. The van der Waals surface area contributed by atoms with Gasteiger partial charge in [0.1, 0.15) is 0 Å². The molecule has 0 saturated heterocycles. The molecule has 0 aliphatic rings. The molecule has 0 N–H and O–H groups in total. The number of unbranched alkanes of at least 4 members (excludes halogenated alkanes) is 4. The van der Waals surface area contributed by atoms with E-state index in [0.717, 1.165) is 0 Å². The minimum absolute atomic E-state index is 1.37. The molecule has 44 valence electrons. The van der Waals surface area contributed by atoms with E-state index in [0.29, 0.717) is 0 Å². The van der Waals surface area contributed by atoms with Gasteiger partial charge >= 0.3 is 77.7 Å². The van der Waals surface area contributed by atoms with Crippen molar-refractivity contribution in [3.63, 3.8) is 0 Å². The molecule has 0 rings (SSSR count). The van der Waals surface area contributed by atoms with Gasteiger partial charge in [-0.2, -0.15) is 0 Å². The molecule has 0 aliphatic heterocycles. The van der Waals surface area contributed by atoms with Gasteiger partial charge in [0, 0.05) is 0 Å². The van der Waals surface area contributed by atoms with Crippen LogP contribution in [0.4, 0.5) is 0 Å². The Hall–Kier alpha value is 1.19. The average molecular weight is 112 g/mol. The van der Waals surface area contributed by atoms with E-state index < -0.39 is 0 Å². The van der Waals surface area contributed by atoms with Gasteiger partial charge in [0.15, 0.2) is 0 Å². The van der Waals surface area contributed by atoms with Crippen LogP contribution in [0.2, 0.25) is 10.2 Å². The van der Waals surface area contributed by atoms with Gasteiger partial charge in [-0.25, -0.2) is 0 Å². The van der Waals surface area contributed by atoms with Gasteiger partial charge in [-0.15, -0.1) is 0 Å². The Morgan fingerprint density at radius 1 is 0.556 bits per heavy atom. The molecule has 0 aliphatic carbocycles. The van der Waals surface area contributed by atoms with Crippen molar-refractivity contribution < 1.29 is 0 Å². The zero-order valence-corrected chi connectivity index (χ0v) is 6.95. The zero-order chi connectivity index (χ0) is 6.95. The standard InChI is InChI=1S/C7H14.2Li/c1-3-5-7-6-4-2;;/h1-7H2;;.